The molecule has 0 unspecified atom stereocenters. The molecule has 0 N–H and O–H groups in total. The number of rotatable bonds is 3. The number of ether oxygens (including phenoxy) is 3. The quantitative estimate of drug-likeness (QED) is 0.686. The van der Waals surface area contributed by atoms with Gasteiger partial charge in [-0.05, 0) is 43.4 Å². The first-order valence-electron chi connectivity index (χ1n) is 10.6. The van der Waals surface area contributed by atoms with E-state index in [1.807, 2.05) is 36.4 Å². The van der Waals surface area contributed by atoms with Crippen LogP contribution in [0.25, 0.3) is 0 Å². The van der Waals surface area contributed by atoms with E-state index in [0.717, 1.165) is 17.7 Å². The van der Waals surface area contributed by atoms with Crippen LogP contribution in [0.3, 0.4) is 0 Å². The van der Waals surface area contributed by atoms with Crippen molar-refractivity contribution in [3.8, 4) is 5.75 Å². The minimum absolute atomic E-state index is 0.0328. The molecule has 152 valence electrons. The Morgan fingerprint density at radius 3 is 2.62 bits per heavy atom. The van der Waals surface area contributed by atoms with Gasteiger partial charge in [-0.25, -0.2) is 4.79 Å². The highest BCUT2D eigenvalue weighted by molar-refractivity contribution is 5.89. The molecule has 29 heavy (non-hydrogen) atoms. The van der Waals surface area contributed by atoms with E-state index in [2.05, 4.69) is 26.8 Å². The van der Waals surface area contributed by atoms with Crippen molar-refractivity contribution in [2.75, 3.05) is 13.2 Å². The summed E-state index contributed by atoms with van der Waals surface area (Å²) in [6.07, 6.45) is 0.962. The summed E-state index contributed by atoms with van der Waals surface area (Å²) in [6, 6.07) is 17.4. The highest BCUT2D eigenvalue weighted by atomic mass is 16.5. The molecule has 0 radical (unpaired) electrons. The third-order valence-corrected chi connectivity index (χ3v) is 7.75. The standard InChI is InChI=1S/C25H28O4/c1-16-13-24(3)21-17(2)25(16,15-28-23(26)18-9-5-4-6-10-18)14-27-22(21)19-11-7-8-12-20(19)29-24/h4-12,16-17,21-22H,13-15H2,1-3H3/t16-,17+,21+,22+,24+,25+/m1/s1. The average Bonchev–Trinajstić information content (AvgIpc) is 2.72. The van der Waals surface area contributed by atoms with Crippen LogP contribution in [0.5, 0.6) is 5.75 Å². The average molecular weight is 392 g/mol. The summed E-state index contributed by atoms with van der Waals surface area (Å²) in [5.74, 6) is 1.54. The van der Waals surface area contributed by atoms with E-state index in [0.29, 0.717) is 30.6 Å². The first kappa shape index (κ1) is 18.7. The molecule has 3 aliphatic rings. The molecule has 4 heteroatoms. The zero-order chi connectivity index (χ0) is 20.2. The first-order valence-corrected chi connectivity index (χ1v) is 10.6. The molecule has 0 amide bonds. The van der Waals surface area contributed by atoms with Crippen molar-refractivity contribution in [1.82, 2.24) is 0 Å². The number of fused-ring (bicyclic) bond motifs is 3. The Balaban J connectivity index is 1.44. The Bertz CT molecular complexity index is 925. The van der Waals surface area contributed by atoms with Gasteiger partial charge in [0.25, 0.3) is 0 Å². The summed E-state index contributed by atoms with van der Waals surface area (Å²) in [6.45, 7) is 7.75. The fraction of sp³-hybridized carbons (Fsp3) is 0.480. The van der Waals surface area contributed by atoms with Crippen LogP contribution in [0, 0.1) is 23.2 Å². The van der Waals surface area contributed by atoms with Crippen LogP contribution in [0.15, 0.2) is 54.6 Å². The van der Waals surface area contributed by atoms with E-state index in [1.54, 1.807) is 12.1 Å². The van der Waals surface area contributed by atoms with Crippen LogP contribution < -0.4 is 4.74 Å². The van der Waals surface area contributed by atoms with Crippen LogP contribution in [-0.4, -0.2) is 24.8 Å². The molecular weight excluding hydrogens is 364 g/mol. The molecule has 2 fully saturated rings. The van der Waals surface area contributed by atoms with E-state index in [4.69, 9.17) is 14.2 Å². The third-order valence-electron chi connectivity index (χ3n) is 7.75. The van der Waals surface area contributed by atoms with Gasteiger partial charge in [-0.15, -0.1) is 0 Å². The molecule has 6 atom stereocenters. The van der Waals surface area contributed by atoms with E-state index < -0.39 is 0 Å². The minimum Gasteiger partial charge on any atom is -0.487 e. The second kappa shape index (κ2) is 6.60. The van der Waals surface area contributed by atoms with E-state index >= 15 is 0 Å². The first-order chi connectivity index (χ1) is 13.9. The van der Waals surface area contributed by atoms with Gasteiger partial charge in [0.05, 0.1) is 24.9 Å². The summed E-state index contributed by atoms with van der Waals surface area (Å²) < 4.78 is 18.9. The SMILES string of the molecule is C[C@@H]1C[C@]2(C)Oc3ccccc3[C@@H]3OC[C@@]1(COC(=O)c1ccccc1)[C@@H](C)[C@@H]32. The lowest BCUT2D eigenvalue weighted by atomic mass is 9.50. The van der Waals surface area contributed by atoms with Gasteiger partial charge >= 0.3 is 5.97 Å². The van der Waals surface area contributed by atoms with E-state index in [9.17, 15) is 4.79 Å². The lowest BCUT2D eigenvalue weighted by Gasteiger charge is -2.63. The molecule has 2 aliphatic heterocycles. The Hall–Kier alpha value is -2.33. The summed E-state index contributed by atoms with van der Waals surface area (Å²) in [5, 5.41) is 0. The molecule has 1 aliphatic carbocycles. The second-order valence-corrected chi connectivity index (χ2v) is 9.28. The van der Waals surface area contributed by atoms with Crippen molar-refractivity contribution in [2.24, 2.45) is 23.2 Å². The summed E-state index contributed by atoms with van der Waals surface area (Å²) >= 11 is 0. The Labute approximate surface area is 172 Å². The molecule has 5 rings (SSSR count). The van der Waals surface area contributed by atoms with Crippen molar-refractivity contribution in [3.05, 3.63) is 65.7 Å². The van der Waals surface area contributed by atoms with Crippen LogP contribution in [-0.2, 0) is 9.47 Å². The van der Waals surface area contributed by atoms with Gasteiger partial charge < -0.3 is 14.2 Å². The number of carbonyl (C=O) groups is 1. The Morgan fingerprint density at radius 1 is 1.10 bits per heavy atom. The van der Waals surface area contributed by atoms with Gasteiger partial charge in [0, 0.05) is 16.9 Å². The van der Waals surface area contributed by atoms with Gasteiger partial charge in [0.1, 0.15) is 11.4 Å². The molecule has 2 heterocycles. The molecule has 2 aromatic rings. The second-order valence-electron chi connectivity index (χ2n) is 9.28. The molecule has 0 aromatic heterocycles. The van der Waals surface area contributed by atoms with Gasteiger partial charge in [-0.2, -0.15) is 0 Å². The van der Waals surface area contributed by atoms with Crippen LogP contribution in [0.2, 0.25) is 0 Å². The number of hydrogen-bond donors (Lipinski definition) is 0. The third kappa shape index (κ3) is 2.72. The maximum atomic E-state index is 12.6. The smallest absolute Gasteiger partial charge is 0.338 e. The van der Waals surface area contributed by atoms with Gasteiger partial charge in [-0.3, -0.25) is 0 Å². The normalized spacial score (nSPS) is 37.2. The predicted octanol–water partition coefficient (Wildman–Crippen LogP) is 5.04. The molecule has 0 spiro atoms. The van der Waals surface area contributed by atoms with E-state index in [-0.39, 0.29) is 29.0 Å². The fourth-order valence-electron chi connectivity index (χ4n) is 6.11. The summed E-state index contributed by atoms with van der Waals surface area (Å²) in [4.78, 5) is 12.6. The number of benzene rings is 2. The zero-order valence-corrected chi connectivity index (χ0v) is 17.3. The van der Waals surface area contributed by atoms with Gasteiger partial charge in [0.15, 0.2) is 0 Å². The maximum absolute atomic E-state index is 12.6. The monoisotopic (exact) mass is 392 g/mol. The Kier molecular flexibility index (Phi) is 4.25. The number of para-hydroxylation sites is 1. The van der Waals surface area contributed by atoms with Crippen LogP contribution >= 0.6 is 0 Å². The highest BCUT2D eigenvalue weighted by Gasteiger charge is 2.64. The molecule has 1 saturated carbocycles. The lowest BCUT2D eigenvalue weighted by Crippen LogP contribution is -2.66. The maximum Gasteiger partial charge on any atom is 0.338 e. The van der Waals surface area contributed by atoms with E-state index in [1.165, 1.54) is 0 Å². The van der Waals surface area contributed by atoms with Crippen molar-refractivity contribution in [3.63, 3.8) is 0 Å². The molecule has 2 bridgehead atoms. The lowest BCUT2D eigenvalue weighted by molar-refractivity contribution is -0.259. The van der Waals surface area contributed by atoms with Crippen molar-refractivity contribution < 1.29 is 19.0 Å². The largest absolute Gasteiger partial charge is 0.487 e. The predicted molar refractivity (Wildman–Crippen MR) is 110 cm³/mol. The number of esters is 1. The summed E-state index contributed by atoms with van der Waals surface area (Å²) in [7, 11) is 0. The van der Waals surface area contributed by atoms with Gasteiger partial charge in [-0.1, -0.05) is 50.2 Å². The number of carbonyl (C=O) groups excluding carboxylic acids is 1. The minimum atomic E-state index is -0.273. The van der Waals surface area contributed by atoms with Gasteiger partial charge in [0.2, 0.25) is 0 Å². The van der Waals surface area contributed by atoms with Crippen molar-refractivity contribution >= 4 is 5.97 Å². The fourth-order valence-corrected chi connectivity index (χ4v) is 6.11. The highest BCUT2D eigenvalue weighted by Crippen LogP contribution is 2.63. The molecule has 1 saturated heterocycles. The van der Waals surface area contributed by atoms with Crippen LogP contribution in [0.1, 0.15) is 49.2 Å². The molecule has 2 aromatic carbocycles. The summed E-state index contributed by atoms with van der Waals surface area (Å²) in [5.41, 5.74) is 1.27. The number of hydrogen-bond acceptors (Lipinski definition) is 4. The van der Waals surface area contributed by atoms with Crippen molar-refractivity contribution in [1.29, 1.82) is 0 Å². The zero-order valence-electron chi connectivity index (χ0n) is 17.3. The Morgan fingerprint density at radius 2 is 1.83 bits per heavy atom. The van der Waals surface area contributed by atoms with Crippen LogP contribution in [0.4, 0.5) is 0 Å². The molecular formula is C25H28O4. The van der Waals surface area contributed by atoms with Crippen molar-refractivity contribution in [2.45, 2.75) is 38.9 Å². The molecule has 4 nitrogen and oxygen atoms in total. The topological polar surface area (TPSA) is 44.8 Å².